The summed E-state index contributed by atoms with van der Waals surface area (Å²) in [5, 5.41) is 0. The van der Waals surface area contributed by atoms with Crippen molar-refractivity contribution < 1.29 is 32.9 Å². The molecule has 0 amide bonds. The monoisotopic (exact) mass is 164 g/mol. The van der Waals surface area contributed by atoms with E-state index in [0.717, 1.165) is 12.2 Å². The summed E-state index contributed by atoms with van der Waals surface area (Å²) >= 11 is 0. The van der Waals surface area contributed by atoms with Crippen molar-refractivity contribution in [3.05, 3.63) is 12.2 Å². The van der Waals surface area contributed by atoms with Crippen LogP contribution < -0.4 is 0 Å². The van der Waals surface area contributed by atoms with Gasteiger partial charge in [0.05, 0.1) is 7.11 Å². The van der Waals surface area contributed by atoms with Crippen LogP contribution in [-0.2, 0) is 32.9 Å². The molecule has 0 fully saturated rings. The van der Waals surface area contributed by atoms with Crippen LogP contribution in [0, 0.1) is 0 Å². The van der Waals surface area contributed by atoms with E-state index < -0.39 is 5.97 Å². The molecule has 0 unspecified atom stereocenters. The Bertz CT molecular complexity index is 119. The van der Waals surface area contributed by atoms with Crippen LogP contribution in [0.5, 0.6) is 0 Å². The average molecular weight is 164 g/mol. The first-order chi connectivity index (χ1) is 3.81. The predicted octanol–water partition coefficient (Wildman–Crippen LogP) is -0.177. The fraction of sp³-hybridized carbons (Fsp3) is 0.200. The molecule has 0 bridgehead atoms. The minimum Gasteiger partial charge on any atom is -0.479 e. The van der Waals surface area contributed by atoms with Crippen LogP contribution >= 0.6 is 0 Å². The number of methoxy groups -OCH3 is 1. The fourth-order valence-corrected chi connectivity index (χ4v) is 0.170. The van der Waals surface area contributed by atoms with Crippen LogP contribution in [0.4, 0.5) is 0 Å². The molecule has 4 heteroatoms. The molecule has 1 radical (unpaired) electrons. The largest absolute Gasteiger partial charge is 0.479 e. The number of allylic oxidation sites excluding steroid dienone is 1. The van der Waals surface area contributed by atoms with E-state index in [2.05, 4.69) is 4.74 Å². The molecule has 0 aliphatic rings. The molecule has 0 saturated carbocycles. The summed E-state index contributed by atoms with van der Waals surface area (Å²) < 4.78 is 4.15. The smallest absolute Gasteiger partial charge is 0.247 e. The Kier molecular flexibility index (Phi) is 9.36. The molecule has 9 heavy (non-hydrogen) atoms. The molecule has 0 aromatic rings. The molecule has 0 aromatic heterocycles. The van der Waals surface area contributed by atoms with Crippen molar-refractivity contribution in [1.29, 1.82) is 0 Å². The van der Waals surface area contributed by atoms with Gasteiger partial charge in [-0.15, -0.1) is 6.08 Å². The minimum absolute atomic E-state index is 0. The summed E-state index contributed by atoms with van der Waals surface area (Å²) in [6.07, 6.45) is 3.34. The second kappa shape index (κ2) is 7.46. The van der Waals surface area contributed by atoms with E-state index in [0.29, 0.717) is 0 Å². The first-order valence-corrected chi connectivity index (χ1v) is 1.93. The quantitative estimate of drug-likeness (QED) is 0.323. The molecule has 3 nitrogen and oxygen atoms in total. The van der Waals surface area contributed by atoms with Gasteiger partial charge in [-0.05, 0) is 6.29 Å². The summed E-state index contributed by atoms with van der Waals surface area (Å²) in [5.74, 6) is -0.548. The van der Waals surface area contributed by atoms with E-state index in [1.54, 1.807) is 0 Å². The molecule has 0 N–H and O–H groups in total. The van der Waals surface area contributed by atoms with Crippen LogP contribution in [0.1, 0.15) is 0 Å². The molecule has 0 spiro atoms. The number of carbonyl (C=O) groups is 1. The Morgan fingerprint density at radius 3 is 2.56 bits per heavy atom. The average Bonchev–Trinajstić information content (AvgIpc) is 1.83. The first-order valence-electron chi connectivity index (χ1n) is 1.93. The Hall–Kier alpha value is -0.536. The van der Waals surface area contributed by atoms with Crippen molar-refractivity contribution in [3.63, 3.8) is 0 Å². The maximum atomic E-state index is 10.1. The van der Waals surface area contributed by atoms with Crippen LogP contribution in [0.2, 0.25) is 0 Å². The van der Waals surface area contributed by atoms with Crippen molar-refractivity contribution in [2.45, 2.75) is 0 Å². The van der Waals surface area contributed by atoms with Crippen LogP contribution in [-0.4, -0.2) is 19.4 Å². The van der Waals surface area contributed by atoms with E-state index in [1.807, 2.05) is 0 Å². The van der Waals surface area contributed by atoms with Gasteiger partial charge in [-0.2, -0.15) is 6.08 Å². The van der Waals surface area contributed by atoms with Gasteiger partial charge in [-0.1, -0.05) is 0 Å². The van der Waals surface area contributed by atoms with Gasteiger partial charge in [0.25, 0.3) is 0 Å². The van der Waals surface area contributed by atoms with Gasteiger partial charge in [0, 0.05) is 18.6 Å². The van der Waals surface area contributed by atoms with E-state index in [9.17, 15) is 9.59 Å². The van der Waals surface area contributed by atoms with Crippen LogP contribution in [0.25, 0.3) is 0 Å². The first kappa shape index (κ1) is 11.3. The van der Waals surface area contributed by atoms with Crippen molar-refractivity contribution in [2.75, 3.05) is 7.11 Å². The van der Waals surface area contributed by atoms with Crippen molar-refractivity contribution in [3.8, 4) is 0 Å². The summed E-state index contributed by atoms with van der Waals surface area (Å²) in [7, 11) is 1.23. The van der Waals surface area contributed by atoms with Crippen LogP contribution in [0.15, 0.2) is 12.2 Å². The van der Waals surface area contributed by atoms with E-state index in [-0.39, 0.29) is 18.6 Å². The normalized spacial score (nSPS) is 8.11. The molecular formula is C5H5O3V-. The number of hydrogen-bond acceptors (Lipinski definition) is 3. The molecule has 0 rings (SSSR count). The van der Waals surface area contributed by atoms with Gasteiger partial charge in [0.2, 0.25) is 5.97 Å². The van der Waals surface area contributed by atoms with Gasteiger partial charge < -0.3 is 9.53 Å². The van der Waals surface area contributed by atoms with Crippen LogP contribution in [0.3, 0.4) is 0 Å². The van der Waals surface area contributed by atoms with Crippen molar-refractivity contribution in [2.24, 2.45) is 0 Å². The van der Waals surface area contributed by atoms with Crippen molar-refractivity contribution >= 4 is 12.3 Å². The zero-order valence-corrected chi connectivity index (χ0v) is 6.22. The van der Waals surface area contributed by atoms with E-state index in [1.165, 1.54) is 13.4 Å². The zero-order valence-electron chi connectivity index (χ0n) is 4.83. The molecular weight excluding hydrogens is 159 g/mol. The number of hydrogen-bond donors (Lipinski definition) is 0. The number of carbonyl (C=O) groups excluding carboxylic acids is 2. The number of esters is 1. The summed E-state index contributed by atoms with van der Waals surface area (Å²) in [5.41, 5.74) is 0. The molecule has 0 aliphatic heterocycles. The van der Waals surface area contributed by atoms with Gasteiger partial charge in [-0.25, -0.2) is 0 Å². The molecule has 0 aromatic carbocycles. The van der Waals surface area contributed by atoms with Gasteiger partial charge in [0.1, 0.15) is 0 Å². The Labute approximate surface area is 65.0 Å². The maximum absolute atomic E-state index is 10.1. The second-order valence-corrected chi connectivity index (χ2v) is 0.974. The molecule has 0 aliphatic carbocycles. The Balaban J connectivity index is 0. The van der Waals surface area contributed by atoms with E-state index in [4.69, 9.17) is 0 Å². The third kappa shape index (κ3) is 7.46. The standard InChI is InChI=1S/C5H5O3.V/c1-8-5(7)3-2-4-6;/h2-3H,1H3;/q-1;/b3-2-;. The maximum Gasteiger partial charge on any atom is 0.247 e. The number of ether oxygens (including phenoxy) is 1. The van der Waals surface area contributed by atoms with E-state index >= 15 is 0 Å². The molecule has 49 valence electrons. The SMILES string of the molecule is COC(=O)/C=C\[C-]=O.[V]. The predicted molar refractivity (Wildman–Crippen MR) is 26.8 cm³/mol. The van der Waals surface area contributed by atoms with Crippen molar-refractivity contribution in [1.82, 2.24) is 0 Å². The zero-order chi connectivity index (χ0) is 6.41. The Morgan fingerprint density at radius 1 is 1.67 bits per heavy atom. The summed E-state index contributed by atoms with van der Waals surface area (Å²) in [6.45, 7) is 0. The van der Waals surface area contributed by atoms with Gasteiger partial charge in [-0.3, -0.25) is 4.79 Å². The summed E-state index contributed by atoms with van der Waals surface area (Å²) in [4.78, 5) is 19.5. The summed E-state index contributed by atoms with van der Waals surface area (Å²) in [6, 6.07) is 0. The third-order valence-electron chi connectivity index (χ3n) is 0.489. The molecule has 0 heterocycles. The minimum atomic E-state index is -0.548. The second-order valence-electron chi connectivity index (χ2n) is 0.974. The van der Waals surface area contributed by atoms with Gasteiger partial charge >= 0.3 is 0 Å². The topological polar surface area (TPSA) is 43.4 Å². The van der Waals surface area contributed by atoms with Gasteiger partial charge in [0.15, 0.2) is 0 Å². The number of rotatable bonds is 2. The molecule has 0 saturated heterocycles. The third-order valence-corrected chi connectivity index (χ3v) is 0.489. The fourth-order valence-electron chi connectivity index (χ4n) is 0.170. The Morgan fingerprint density at radius 2 is 2.22 bits per heavy atom. The molecule has 0 atom stereocenters.